The molecule has 0 spiro atoms. The molecular weight excluding hydrogens is 290 g/mol. The van der Waals surface area contributed by atoms with Gasteiger partial charge in [0.1, 0.15) is 0 Å². The second-order valence-electron chi connectivity index (χ2n) is 4.55. The summed E-state index contributed by atoms with van der Waals surface area (Å²) in [5.74, 6) is 5.75. The van der Waals surface area contributed by atoms with Gasteiger partial charge in [0.15, 0.2) is 0 Å². The maximum atomic E-state index is 5.98. The molecule has 3 N–H and O–H groups in total. The van der Waals surface area contributed by atoms with Gasteiger partial charge in [0, 0.05) is 22.9 Å². The molecule has 5 heteroatoms. The number of nitrogens with one attached hydrogen (secondary N) is 1. The molecule has 102 valence electrons. The highest BCUT2D eigenvalue weighted by Crippen LogP contribution is 2.29. The summed E-state index contributed by atoms with van der Waals surface area (Å²) in [4.78, 5) is 5.59. The van der Waals surface area contributed by atoms with E-state index in [1.54, 1.807) is 11.3 Å². The van der Waals surface area contributed by atoms with Crippen molar-refractivity contribution in [1.82, 2.24) is 10.4 Å². The third-order valence-electron chi connectivity index (χ3n) is 3.29. The largest absolute Gasteiger partial charge is 0.271 e. The first-order valence-corrected chi connectivity index (χ1v) is 7.51. The summed E-state index contributed by atoms with van der Waals surface area (Å²) < 4.78 is 0.801. The first-order valence-electron chi connectivity index (χ1n) is 6.32. The number of hydrogen-bond acceptors (Lipinski definition) is 4. The van der Waals surface area contributed by atoms with Gasteiger partial charge in [-0.05, 0) is 29.8 Å². The lowest BCUT2D eigenvalue weighted by Gasteiger charge is -2.17. The van der Waals surface area contributed by atoms with Crippen molar-refractivity contribution in [2.75, 3.05) is 0 Å². The summed E-state index contributed by atoms with van der Waals surface area (Å²) in [6.07, 6.45) is 2.63. The van der Waals surface area contributed by atoms with Gasteiger partial charge in [-0.25, -0.2) is 0 Å². The summed E-state index contributed by atoms with van der Waals surface area (Å²) in [5.41, 5.74) is 5.04. The molecule has 0 saturated heterocycles. The predicted molar refractivity (Wildman–Crippen MR) is 84.8 cm³/mol. The highest BCUT2D eigenvalue weighted by molar-refractivity contribution is 7.16. The molecule has 0 aliphatic rings. The first-order chi connectivity index (χ1) is 9.78. The quantitative estimate of drug-likeness (QED) is 0.571. The average molecular weight is 304 g/mol. The summed E-state index contributed by atoms with van der Waals surface area (Å²) in [6.45, 7) is 0. The molecule has 2 aromatic heterocycles. The molecule has 0 aliphatic heterocycles. The maximum absolute atomic E-state index is 5.98. The van der Waals surface area contributed by atoms with E-state index in [1.165, 1.54) is 4.88 Å². The first kappa shape index (κ1) is 13.5. The fourth-order valence-electron chi connectivity index (χ4n) is 2.34. The number of para-hydroxylation sites is 1. The van der Waals surface area contributed by atoms with Crippen molar-refractivity contribution < 1.29 is 0 Å². The Kier molecular flexibility index (Phi) is 3.98. The predicted octanol–water partition coefficient (Wildman–Crippen LogP) is 3.70. The number of hydrazine groups is 1. The van der Waals surface area contributed by atoms with Crippen LogP contribution in [0.4, 0.5) is 0 Å². The second kappa shape index (κ2) is 5.89. The summed E-state index contributed by atoms with van der Waals surface area (Å²) in [5, 5.41) is 1.13. The number of aromatic nitrogens is 1. The van der Waals surface area contributed by atoms with Crippen molar-refractivity contribution >= 4 is 33.8 Å². The normalized spacial score (nSPS) is 12.7. The highest BCUT2D eigenvalue weighted by atomic mass is 35.5. The van der Waals surface area contributed by atoms with Gasteiger partial charge in [-0.15, -0.1) is 11.3 Å². The Morgan fingerprint density at radius 3 is 2.80 bits per heavy atom. The van der Waals surface area contributed by atoms with E-state index in [4.69, 9.17) is 17.4 Å². The zero-order chi connectivity index (χ0) is 13.9. The van der Waals surface area contributed by atoms with E-state index in [0.717, 1.165) is 27.2 Å². The second-order valence-corrected chi connectivity index (χ2v) is 6.35. The molecule has 0 bridgehead atoms. The van der Waals surface area contributed by atoms with Gasteiger partial charge in [-0.3, -0.25) is 16.3 Å². The van der Waals surface area contributed by atoms with E-state index >= 15 is 0 Å². The molecule has 3 rings (SSSR count). The monoisotopic (exact) mass is 303 g/mol. The number of thiophene rings is 1. The number of fused-ring (bicyclic) bond motifs is 1. The summed E-state index contributed by atoms with van der Waals surface area (Å²) in [6, 6.07) is 14.1. The van der Waals surface area contributed by atoms with Gasteiger partial charge in [-0.1, -0.05) is 29.8 Å². The maximum Gasteiger partial charge on any atom is 0.0931 e. The number of hydrogen-bond donors (Lipinski definition) is 2. The molecule has 1 atom stereocenters. The number of benzene rings is 1. The van der Waals surface area contributed by atoms with Crippen LogP contribution < -0.4 is 11.3 Å². The molecule has 0 aliphatic carbocycles. The lowest BCUT2D eigenvalue weighted by molar-refractivity contribution is 0.559. The Bertz CT molecular complexity index is 720. The number of rotatable bonds is 4. The van der Waals surface area contributed by atoms with Crippen molar-refractivity contribution in [1.29, 1.82) is 0 Å². The third-order valence-corrected chi connectivity index (χ3v) is 4.55. The van der Waals surface area contributed by atoms with Crippen molar-refractivity contribution in [3.8, 4) is 0 Å². The van der Waals surface area contributed by atoms with Crippen LogP contribution in [-0.4, -0.2) is 4.98 Å². The Labute approximate surface area is 126 Å². The minimum atomic E-state index is 0.0395. The Hall–Kier alpha value is -1.46. The van der Waals surface area contributed by atoms with E-state index in [1.807, 2.05) is 42.6 Å². The number of nitrogens with two attached hydrogens (primary N) is 1. The van der Waals surface area contributed by atoms with E-state index < -0.39 is 0 Å². The van der Waals surface area contributed by atoms with E-state index in [0.29, 0.717) is 0 Å². The van der Waals surface area contributed by atoms with Gasteiger partial charge >= 0.3 is 0 Å². The molecule has 3 nitrogen and oxygen atoms in total. The molecule has 0 radical (unpaired) electrons. The molecular formula is C15H14ClN3S. The van der Waals surface area contributed by atoms with E-state index in [2.05, 4.69) is 16.5 Å². The van der Waals surface area contributed by atoms with Crippen LogP contribution in [-0.2, 0) is 6.42 Å². The average Bonchev–Trinajstić information content (AvgIpc) is 2.89. The van der Waals surface area contributed by atoms with E-state index in [9.17, 15) is 0 Å². The fraction of sp³-hybridized carbons (Fsp3) is 0.133. The molecule has 0 fully saturated rings. The zero-order valence-electron chi connectivity index (χ0n) is 10.7. The molecule has 0 amide bonds. The number of halogens is 1. The van der Waals surface area contributed by atoms with Crippen molar-refractivity contribution in [3.63, 3.8) is 0 Å². The van der Waals surface area contributed by atoms with Crippen LogP contribution in [0.5, 0.6) is 0 Å². The zero-order valence-corrected chi connectivity index (χ0v) is 12.3. The van der Waals surface area contributed by atoms with Crippen LogP contribution in [0, 0.1) is 0 Å². The van der Waals surface area contributed by atoms with Crippen molar-refractivity contribution in [2.24, 2.45) is 5.84 Å². The van der Waals surface area contributed by atoms with Crippen LogP contribution in [0.3, 0.4) is 0 Å². The topological polar surface area (TPSA) is 50.9 Å². The van der Waals surface area contributed by atoms with E-state index in [-0.39, 0.29) is 6.04 Å². The van der Waals surface area contributed by atoms with Gasteiger partial charge in [0.2, 0.25) is 0 Å². The van der Waals surface area contributed by atoms with Crippen LogP contribution in [0.1, 0.15) is 16.5 Å². The third kappa shape index (κ3) is 2.69. The summed E-state index contributed by atoms with van der Waals surface area (Å²) in [7, 11) is 0. The molecule has 20 heavy (non-hydrogen) atoms. The van der Waals surface area contributed by atoms with Crippen LogP contribution in [0.2, 0.25) is 4.34 Å². The molecule has 0 saturated carbocycles. The van der Waals surface area contributed by atoms with Gasteiger partial charge in [0.25, 0.3) is 0 Å². The minimum Gasteiger partial charge on any atom is -0.271 e. The van der Waals surface area contributed by atoms with Crippen molar-refractivity contribution in [2.45, 2.75) is 12.5 Å². The number of pyridine rings is 1. The molecule has 1 unspecified atom stereocenters. The SMILES string of the molecule is NNC(Cc1ccc(Cl)s1)c1ccnc2ccccc12. The standard InChI is InChI=1S/C15H14ClN3S/c16-15-6-5-10(20-15)9-14(19-17)12-7-8-18-13-4-2-1-3-11(12)13/h1-8,14,19H,9,17H2. The number of nitrogens with zero attached hydrogens (tertiary/aromatic N) is 1. The van der Waals surface area contributed by atoms with Gasteiger partial charge in [-0.2, -0.15) is 0 Å². The van der Waals surface area contributed by atoms with Gasteiger partial charge in [0.05, 0.1) is 15.9 Å². The van der Waals surface area contributed by atoms with Crippen LogP contribution >= 0.6 is 22.9 Å². The Morgan fingerprint density at radius 2 is 2.05 bits per heavy atom. The van der Waals surface area contributed by atoms with Crippen molar-refractivity contribution in [3.05, 3.63) is 63.4 Å². The summed E-state index contributed by atoms with van der Waals surface area (Å²) >= 11 is 7.57. The van der Waals surface area contributed by atoms with Crippen LogP contribution in [0.15, 0.2) is 48.7 Å². The highest BCUT2D eigenvalue weighted by Gasteiger charge is 2.15. The van der Waals surface area contributed by atoms with Crippen LogP contribution in [0.25, 0.3) is 10.9 Å². The fourth-order valence-corrected chi connectivity index (χ4v) is 3.48. The Balaban J connectivity index is 1.98. The smallest absolute Gasteiger partial charge is 0.0931 e. The lowest BCUT2D eigenvalue weighted by Crippen LogP contribution is -2.29. The Morgan fingerprint density at radius 1 is 1.20 bits per heavy atom. The minimum absolute atomic E-state index is 0.0395. The molecule has 2 heterocycles. The molecule has 1 aromatic carbocycles. The lowest BCUT2D eigenvalue weighted by atomic mass is 9.99. The molecule has 3 aromatic rings. The van der Waals surface area contributed by atoms with Gasteiger partial charge < -0.3 is 0 Å².